The minimum Gasteiger partial charge on any atom is -0.441 e. The number of amides is 1. The van der Waals surface area contributed by atoms with Crippen molar-refractivity contribution < 1.29 is 19.5 Å². The summed E-state index contributed by atoms with van der Waals surface area (Å²) in [5, 5.41) is 9.02. The van der Waals surface area contributed by atoms with Crippen molar-refractivity contribution in [1.29, 1.82) is 0 Å². The molecule has 1 saturated heterocycles. The maximum absolute atomic E-state index is 11.7. The Morgan fingerprint density at radius 2 is 2.20 bits per heavy atom. The number of rotatable bonds is 3. The van der Waals surface area contributed by atoms with Gasteiger partial charge in [0.15, 0.2) is 12.1 Å². The number of aliphatic hydroxyl groups excluding tert-OH is 1. The van der Waals surface area contributed by atoms with Gasteiger partial charge in [0.25, 0.3) is 0 Å². The molecule has 2 aliphatic rings. The van der Waals surface area contributed by atoms with Gasteiger partial charge in [0.1, 0.15) is 6.10 Å². The van der Waals surface area contributed by atoms with Gasteiger partial charge in [0.2, 0.25) is 0 Å². The molecule has 7 heteroatoms. The van der Waals surface area contributed by atoms with Crippen molar-refractivity contribution in [1.82, 2.24) is 5.48 Å². The van der Waals surface area contributed by atoms with Gasteiger partial charge in [-0.05, 0) is 31.2 Å². The second-order valence-electron chi connectivity index (χ2n) is 4.64. The standard InChI is InChI=1S/C13H15N3O4/c1-8-14-12(15-20-8)9-2-4-10(5-3-9)16-6-11(7-17)19-13(16)18/h2-5,8,11,17H,6-7H2,1H3,(H,14,15). The second-order valence-corrected chi connectivity index (χ2v) is 4.64. The monoisotopic (exact) mass is 277 g/mol. The molecule has 0 radical (unpaired) electrons. The highest BCUT2D eigenvalue weighted by atomic mass is 16.7. The number of anilines is 1. The Labute approximate surface area is 115 Å². The van der Waals surface area contributed by atoms with E-state index < -0.39 is 12.2 Å². The fourth-order valence-corrected chi connectivity index (χ4v) is 2.14. The number of aliphatic imine (C=N–C) groups is 1. The molecular weight excluding hydrogens is 262 g/mol. The topological polar surface area (TPSA) is 83.4 Å². The molecule has 2 unspecified atom stereocenters. The van der Waals surface area contributed by atoms with Crippen molar-refractivity contribution in [3.05, 3.63) is 29.8 Å². The third-order valence-corrected chi connectivity index (χ3v) is 3.17. The molecule has 1 amide bonds. The molecule has 0 aromatic heterocycles. The number of cyclic esters (lactones) is 1. The number of aliphatic hydroxyl groups is 1. The number of hydrogen-bond acceptors (Lipinski definition) is 6. The van der Waals surface area contributed by atoms with Crippen LogP contribution in [0.15, 0.2) is 29.3 Å². The Kier molecular flexibility index (Phi) is 3.29. The zero-order valence-electron chi connectivity index (χ0n) is 10.9. The third-order valence-electron chi connectivity index (χ3n) is 3.17. The van der Waals surface area contributed by atoms with Crippen molar-refractivity contribution in [3.63, 3.8) is 0 Å². The molecule has 2 N–H and O–H groups in total. The lowest BCUT2D eigenvalue weighted by Crippen LogP contribution is -2.25. The maximum atomic E-state index is 11.7. The van der Waals surface area contributed by atoms with Gasteiger partial charge in [-0.15, -0.1) is 0 Å². The van der Waals surface area contributed by atoms with Gasteiger partial charge >= 0.3 is 6.09 Å². The van der Waals surface area contributed by atoms with E-state index in [4.69, 9.17) is 14.7 Å². The highest BCUT2D eigenvalue weighted by Gasteiger charge is 2.31. The number of carbonyl (C=O) groups excluding carboxylic acids is 1. The van der Waals surface area contributed by atoms with Crippen LogP contribution in [0.1, 0.15) is 12.5 Å². The Bertz CT molecular complexity index is 543. The summed E-state index contributed by atoms with van der Waals surface area (Å²) in [6.07, 6.45) is -1.11. The summed E-state index contributed by atoms with van der Waals surface area (Å²) in [6.45, 7) is 2.02. The van der Waals surface area contributed by atoms with Crippen molar-refractivity contribution >= 4 is 17.6 Å². The SMILES string of the molecule is CC1N=C(c2ccc(N3CC(CO)OC3=O)cc2)NO1. The molecule has 20 heavy (non-hydrogen) atoms. The number of nitrogens with zero attached hydrogens (tertiary/aromatic N) is 2. The van der Waals surface area contributed by atoms with Crippen LogP contribution in [-0.4, -0.2) is 42.5 Å². The number of ether oxygens (including phenoxy) is 1. The molecule has 1 fully saturated rings. The van der Waals surface area contributed by atoms with Crippen LogP contribution in [0.2, 0.25) is 0 Å². The van der Waals surface area contributed by atoms with E-state index >= 15 is 0 Å². The molecule has 0 spiro atoms. The first kappa shape index (κ1) is 12.9. The first-order chi connectivity index (χ1) is 9.67. The van der Waals surface area contributed by atoms with Gasteiger partial charge in [0, 0.05) is 11.3 Å². The first-order valence-corrected chi connectivity index (χ1v) is 6.36. The van der Waals surface area contributed by atoms with E-state index in [1.807, 2.05) is 31.2 Å². The van der Waals surface area contributed by atoms with E-state index in [1.165, 1.54) is 4.90 Å². The summed E-state index contributed by atoms with van der Waals surface area (Å²) in [7, 11) is 0. The van der Waals surface area contributed by atoms with Crippen LogP contribution < -0.4 is 10.4 Å². The summed E-state index contributed by atoms with van der Waals surface area (Å²) in [4.78, 5) is 22.6. The quantitative estimate of drug-likeness (QED) is 0.846. The summed E-state index contributed by atoms with van der Waals surface area (Å²) < 4.78 is 5.00. The van der Waals surface area contributed by atoms with Gasteiger partial charge in [-0.2, -0.15) is 0 Å². The van der Waals surface area contributed by atoms with Crippen LogP contribution in [-0.2, 0) is 9.57 Å². The van der Waals surface area contributed by atoms with Gasteiger partial charge in [-0.3, -0.25) is 4.90 Å². The minimum atomic E-state index is -0.461. The van der Waals surface area contributed by atoms with Crippen LogP contribution in [0.25, 0.3) is 0 Å². The lowest BCUT2D eigenvalue weighted by molar-refractivity contribution is 0.0504. The highest BCUT2D eigenvalue weighted by Crippen LogP contribution is 2.22. The molecule has 0 aliphatic carbocycles. The zero-order chi connectivity index (χ0) is 14.1. The van der Waals surface area contributed by atoms with Crippen molar-refractivity contribution in [2.24, 2.45) is 4.99 Å². The predicted octanol–water partition coefficient (Wildman–Crippen LogP) is 0.631. The average molecular weight is 277 g/mol. The molecule has 0 bridgehead atoms. The van der Waals surface area contributed by atoms with Crippen LogP contribution in [0.4, 0.5) is 10.5 Å². The fourth-order valence-electron chi connectivity index (χ4n) is 2.14. The largest absolute Gasteiger partial charge is 0.441 e. The van der Waals surface area contributed by atoms with Gasteiger partial charge in [-0.25, -0.2) is 20.1 Å². The van der Waals surface area contributed by atoms with Crippen LogP contribution in [0.3, 0.4) is 0 Å². The van der Waals surface area contributed by atoms with Crippen molar-refractivity contribution in [2.45, 2.75) is 19.3 Å². The number of amidine groups is 1. The summed E-state index contributed by atoms with van der Waals surface area (Å²) >= 11 is 0. The smallest absolute Gasteiger partial charge is 0.414 e. The molecule has 2 aliphatic heterocycles. The molecular formula is C13H15N3O4. The molecule has 7 nitrogen and oxygen atoms in total. The maximum Gasteiger partial charge on any atom is 0.414 e. The number of carbonyl (C=O) groups is 1. The molecule has 1 aromatic rings. The summed E-state index contributed by atoms with van der Waals surface area (Å²) in [5.41, 5.74) is 4.35. The number of hydrogen-bond donors (Lipinski definition) is 2. The Morgan fingerprint density at radius 3 is 2.75 bits per heavy atom. The van der Waals surface area contributed by atoms with Gasteiger partial charge < -0.3 is 9.84 Å². The number of hydroxylamine groups is 1. The Hall–Kier alpha value is -2.12. The van der Waals surface area contributed by atoms with Crippen LogP contribution >= 0.6 is 0 Å². The first-order valence-electron chi connectivity index (χ1n) is 6.36. The Balaban J connectivity index is 1.77. The van der Waals surface area contributed by atoms with E-state index in [-0.39, 0.29) is 12.8 Å². The van der Waals surface area contributed by atoms with Crippen LogP contribution in [0, 0.1) is 0 Å². The van der Waals surface area contributed by atoms with Gasteiger partial charge in [0.05, 0.1) is 13.2 Å². The van der Waals surface area contributed by atoms with Crippen LogP contribution in [0.5, 0.6) is 0 Å². The fraction of sp³-hybridized carbons (Fsp3) is 0.385. The summed E-state index contributed by atoms with van der Waals surface area (Å²) in [5.74, 6) is 0.668. The number of benzene rings is 1. The van der Waals surface area contributed by atoms with E-state index in [1.54, 1.807) is 0 Å². The lowest BCUT2D eigenvalue weighted by Gasteiger charge is -2.13. The van der Waals surface area contributed by atoms with E-state index in [2.05, 4.69) is 10.5 Å². The third kappa shape index (κ3) is 2.33. The van der Waals surface area contributed by atoms with Gasteiger partial charge in [-0.1, -0.05) is 0 Å². The normalized spacial score (nSPS) is 25.4. The van der Waals surface area contributed by atoms with Crippen molar-refractivity contribution in [2.75, 3.05) is 18.1 Å². The Morgan fingerprint density at radius 1 is 1.45 bits per heavy atom. The van der Waals surface area contributed by atoms with E-state index in [0.717, 1.165) is 11.3 Å². The molecule has 0 saturated carbocycles. The second kappa shape index (κ2) is 5.10. The molecule has 2 heterocycles. The molecule has 106 valence electrons. The van der Waals surface area contributed by atoms with Crippen molar-refractivity contribution in [3.8, 4) is 0 Å². The van der Waals surface area contributed by atoms with E-state index in [0.29, 0.717) is 12.4 Å². The van der Waals surface area contributed by atoms with E-state index in [9.17, 15) is 4.79 Å². The lowest BCUT2D eigenvalue weighted by atomic mass is 10.2. The zero-order valence-corrected chi connectivity index (χ0v) is 10.9. The highest BCUT2D eigenvalue weighted by molar-refractivity contribution is 5.99. The predicted molar refractivity (Wildman–Crippen MR) is 71.4 cm³/mol. The molecule has 3 rings (SSSR count). The summed E-state index contributed by atoms with van der Waals surface area (Å²) in [6, 6.07) is 7.32. The molecule has 2 atom stereocenters. The molecule has 1 aromatic carbocycles. The number of nitrogens with one attached hydrogen (secondary N) is 1. The minimum absolute atomic E-state index is 0.170. The average Bonchev–Trinajstić information content (AvgIpc) is 3.05.